The molecule has 12 nitrogen and oxygen atoms in total. The van der Waals surface area contributed by atoms with Crippen LogP contribution in [0.25, 0.3) is 0 Å². The zero-order valence-corrected chi connectivity index (χ0v) is 27.8. The number of amides is 1. The molecule has 260 valence electrons. The van der Waals surface area contributed by atoms with E-state index in [9.17, 15) is 24.9 Å². The summed E-state index contributed by atoms with van der Waals surface area (Å²) in [5.41, 5.74) is 7.98. The van der Waals surface area contributed by atoms with E-state index >= 15 is 0 Å². The molecule has 0 saturated carbocycles. The Labute approximate surface area is 277 Å². The van der Waals surface area contributed by atoms with Gasteiger partial charge in [0, 0.05) is 24.8 Å². The SMILES string of the molecule is COc1cc([C@@H]2c3cc(O)c(O)cc3[C@@H](NC(=O)CCNCCCCNCCCCNCCCCN)[C@H]3COC(=O)[C@H]23)cc(C)c1O. The Bertz CT molecular complexity index is 1340. The molecule has 0 radical (unpaired) electrons. The first-order valence-electron chi connectivity index (χ1n) is 17.0. The van der Waals surface area contributed by atoms with Gasteiger partial charge in [-0.05, 0) is 125 Å². The summed E-state index contributed by atoms with van der Waals surface area (Å²) in [5, 5.41) is 44.8. The Kier molecular flexibility index (Phi) is 14.0. The number of ether oxygens (including phenoxy) is 2. The molecule has 2 aliphatic rings. The van der Waals surface area contributed by atoms with E-state index in [1.165, 1.54) is 19.2 Å². The minimum atomic E-state index is -0.653. The normalized spacial score (nSPS) is 20.0. The number of methoxy groups -OCH3 is 1. The maximum Gasteiger partial charge on any atom is 0.310 e. The van der Waals surface area contributed by atoms with Crippen molar-refractivity contribution < 1.29 is 34.4 Å². The van der Waals surface area contributed by atoms with Crippen LogP contribution in [0.5, 0.6) is 23.0 Å². The van der Waals surface area contributed by atoms with Crippen molar-refractivity contribution in [3.8, 4) is 23.0 Å². The Morgan fingerprint density at radius 3 is 2.04 bits per heavy atom. The van der Waals surface area contributed by atoms with Crippen LogP contribution in [0.3, 0.4) is 0 Å². The monoisotopic (exact) mass is 655 g/mol. The lowest BCUT2D eigenvalue weighted by molar-refractivity contribution is -0.141. The Morgan fingerprint density at radius 1 is 0.872 bits per heavy atom. The molecule has 1 heterocycles. The molecule has 0 spiro atoms. The smallest absolute Gasteiger partial charge is 0.310 e. The molecule has 2 aromatic rings. The van der Waals surface area contributed by atoms with Crippen molar-refractivity contribution in [2.75, 3.05) is 59.5 Å². The lowest BCUT2D eigenvalue weighted by Gasteiger charge is -2.39. The van der Waals surface area contributed by atoms with Gasteiger partial charge in [0.1, 0.15) is 0 Å². The van der Waals surface area contributed by atoms with Gasteiger partial charge < -0.3 is 51.8 Å². The molecule has 1 amide bonds. The maximum absolute atomic E-state index is 13.2. The largest absolute Gasteiger partial charge is 0.504 e. The number of hydrogen-bond donors (Lipinski definition) is 8. The molecule has 4 rings (SSSR count). The minimum absolute atomic E-state index is 0.00564. The maximum atomic E-state index is 13.2. The standard InChI is InChI=1S/C35H53N5O7/c1-22-17-23(18-29(46-2)34(22)44)31-24-19-27(41)28(42)20-25(24)33(26-21-47-35(45)32(26)31)40-30(43)9-16-39-15-8-7-14-38-13-6-5-12-37-11-4-3-10-36/h17-20,26,31-33,37-39,41-42,44H,3-16,21,36H2,1-2H3,(H,40,43)/t26-,31+,32-,33+/m0/s1. The second-order valence-corrected chi connectivity index (χ2v) is 12.6. The number of esters is 1. The number of aryl methyl sites for hydroxylation is 1. The van der Waals surface area contributed by atoms with Crippen LogP contribution in [0.1, 0.15) is 79.2 Å². The number of phenolic OH excluding ortho intramolecular Hbond substituents is 3. The molecule has 1 fully saturated rings. The second kappa shape index (κ2) is 18.1. The number of benzene rings is 2. The first-order chi connectivity index (χ1) is 22.8. The van der Waals surface area contributed by atoms with Gasteiger partial charge in [-0.15, -0.1) is 0 Å². The summed E-state index contributed by atoms with van der Waals surface area (Å²) in [4.78, 5) is 26.3. The van der Waals surface area contributed by atoms with Crippen LogP contribution in [0.15, 0.2) is 24.3 Å². The van der Waals surface area contributed by atoms with Gasteiger partial charge in [0.25, 0.3) is 0 Å². The molecule has 1 aliphatic heterocycles. The highest BCUT2D eigenvalue weighted by atomic mass is 16.5. The molecule has 1 saturated heterocycles. The van der Waals surface area contributed by atoms with Crippen LogP contribution < -0.4 is 31.7 Å². The first kappa shape index (κ1) is 36.3. The molecule has 0 aromatic heterocycles. The lowest BCUT2D eigenvalue weighted by Crippen LogP contribution is -2.43. The number of nitrogens with one attached hydrogen (secondary N) is 4. The lowest BCUT2D eigenvalue weighted by atomic mass is 9.65. The number of aromatic hydroxyl groups is 3. The van der Waals surface area contributed by atoms with E-state index < -0.39 is 29.8 Å². The molecular formula is C35H53N5O7. The van der Waals surface area contributed by atoms with Gasteiger partial charge in [-0.2, -0.15) is 0 Å². The number of hydrogen-bond acceptors (Lipinski definition) is 11. The summed E-state index contributed by atoms with van der Waals surface area (Å²) in [5.74, 6) is -2.56. The molecule has 47 heavy (non-hydrogen) atoms. The number of fused-ring (bicyclic) bond motifs is 2. The quantitative estimate of drug-likeness (QED) is 0.0595. The van der Waals surface area contributed by atoms with Crippen molar-refractivity contribution >= 4 is 11.9 Å². The first-order valence-corrected chi connectivity index (χ1v) is 17.0. The van der Waals surface area contributed by atoms with E-state index in [0.717, 1.165) is 77.8 Å². The summed E-state index contributed by atoms with van der Waals surface area (Å²) in [7, 11) is 1.45. The third-order valence-corrected chi connectivity index (χ3v) is 9.22. The molecule has 12 heteroatoms. The summed E-state index contributed by atoms with van der Waals surface area (Å²) in [6.45, 7) is 8.01. The van der Waals surface area contributed by atoms with E-state index in [-0.39, 0.29) is 41.9 Å². The number of phenols is 3. The average Bonchev–Trinajstić information content (AvgIpc) is 3.43. The Balaban J connectivity index is 1.27. The predicted octanol–water partition coefficient (Wildman–Crippen LogP) is 2.67. The highest BCUT2D eigenvalue weighted by Gasteiger charge is 2.52. The van der Waals surface area contributed by atoms with Crippen LogP contribution in [0.4, 0.5) is 0 Å². The third-order valence-electron chi connectivity index (χ3n) is 9.22. The zero-order chi connectivity index (χ0) is 33.8. The molecule has 0 unspecified atom stereocenters. The van der Waals surface area contributed by atoms with Crippen molar-refractivity contribution in [2.45, 2.75) is 63.8 Å². The highest BCUT2D eigenvalue weighted by Crippen LogP contribution is 2.54. The molecule has 1 aliphatic carbocycles. The highest BCUT2D eigenvalue weighted by molar-refractivity contribution is 5.81. The van der Waals surface area contributed by atoms with Crippen LogP contribution in [0.2, 0.25) is 0 Å². The van der Waals surface area contributed by atoms with E-state index in [4.69, 9.17) is 15.2 Å². The van der Waals surface area contributed by atoms with Gasteiger partial charge in [0.2, 0.25) is 5.91 Å². The number of carbonyl (C=O) groups excluding carboxylic acids is 2. The summed E-state index contributed by atoms with van der Waals surface area (Å²) in [6, 6.07) is 5.77. The third kappa shape index (κ3) is 9.50. The van der Waals surface area contributed by atoms with E-state index in [2.05, 4.69) is 21.3 Å². The number of cyclic esters (lactones) is 1. The van der Waals surface area contributed by atoms with Crippen molar-refractivity contribution in [3.63, 3.8) is 0 Å². The Hall–Kier alpha value is -3.58. The van der Waals surface area contributed by atoms with E-state index in [0.29, 0.717) is 28.8 Å². The topological polar surface area (TPSA) is 187 Å². The van der Waals surface area contributed by atoms with Gasteiger partial charge in [0.05, 0.1) is 25.7 Å². The fourth-order valence-corrected chi connectivity index (χ4v) is 6.71. The summed E-state index contributed by atoms with van der Waals surface area (Å²) < 4.78 is 10.9. The fourth-order valence-electron chi connectivity index (χ4n) is 6.71. The molecule has 9 N–H and O–H groups in total. The molecule has 2 aromatic carbocycles. The van der Waals surface area contributed by atoms with Gasteiger partial charge in [-0.25, -0.2) is 0 Å². The average molecular weight is 656 g/mol. The van der Waals surface area contributed by atoms with Crippen LogP contribution >= 0.6 is 0 Å². The number of rotatable bonds is 20. The van der Waals surface area contributed by atoms with Crippen LogP contribution in [-0.2, 0) is 14.3 Å². The predicted molar refractivity (Wildman–Crippen MR) is 180 cm³/mol. The van der Waals surface area contributed by atoms with Gasteiger partial charge >= 0.3 is 5.97 Å². The van der Waals surface area contributed by atoms with Crippen LogP contribution in [0, 0.1) is 18.8 Å². The zero-order valence-electron chi connectivity index (χ0n) is 27.8. The van der Waals surface area contributed by atoms with Gasteiger partial charge in [0.15, 0.2) is 23.0 Å². The van der Waals surface area contributed by atoms with Crippen molar-refractivity contribution in [2.24, 2.45) is 17.6 Å². The fraction of sp³-hybridized carbons (Fsp3) is 0.600. The number of nitrogens with two attached hydrogens (primary N) is 1. The molecule has 4 atom stereocenters. The van der Waals surface area contributed by atoms with E-state index in [1.807, 2.05) is 0 Å². The van der Waals surface area contributed by atoms with Crippen LogP contribution in [-0.4, -0.2) is 86.7 Å². The summed E-state index contributed by atoms with van der Waals surface area (Å²) >= 11 is 0. The molecule has 0 bridgehead atoms. The van der Waals surface area contributed by atoms with Crippen molar-refractivity contribution in [3.05, 3.63) is 46.5 Å². The second-order valence-electron chi connectivity index (χ2n) is 12.6. The van der Waals surface area contributed by atoms with Gasteiger partial charge in [-0.1, -0.05) is 6.07 Å². The number of unbranched alkanes of at least 4 members (excludes halogenated alkanes) is 3. The summed E-state index contributed by atoms with van der Waals surface area (Å²) in [6.07, 6.45) is 6.83. The van der Waals surface area contributed by atoms with Crippen molar-refractivity contribution in [1.29, 1.82) is 0 Å². The van der Waals surface area contributed by atoms with Gasteiger partial charge in [-0.3, -0.25) is 9.59 Å². The van der Waals surface area contributed by atoms with Crippen molar-refractivity contribution in [1.82, 2.24) is 21.3 Å². The number of carbonyl (C=O) groups is 2. The van der Waals surface area contributed by atoms with E-state index in [1.54, 1.807) is 19.1 Å². The Morgan fingerprint density at radius 2 is 1.45 bits per heavy atom. The molecular weight excluding hydrogens is 602 g/mol. The minimum Gasteiger partial charge on any atom is -0.504 e.